The highest BCUT2D eigenvalue weighted by molar-refractivity contribution is 7.12. The van der Waals surface area contributed by atoms with Crippen molar-refractivity contribution in [2.45, 2.75) is 31.7 Å². The van der Waals surface area contributed by atoms with E-state index in [4.69, 9.17) is 9.72 Å². The van der Waals surface area contributed by atoms with Gasteiger partial charge in [0, 0.05) is 23.4 Å². The lowest BCUT2D eigenvalue weighted by Gasteiger charge is -2.14. The Balaban J connectivity index is 1.82. The minimum Gasteiger partial charge on any atom is -0.383 e. The Kier molecular flexibility index (Phi) is 4.83. The number of hydrogen-bond donors (Lipinski definition) is 1. The van der Waals surface area contributed by atoms with Gasteiger partial charge < -0.3 is 10.1 Å². The highest BCUT2D eigenvalue weighted by Crippen LogP contribution is 2.33. The quantitative estimate of drug-likeness (QED) is 0.830. The molecule has 3 rings (SSSR count). The van der Waals surface area contributed by atoms with Crippen LogP contribution in [-0.4, -0.2) is 25.2 Å². The molecule has 2 aromatic heterocycles. The minimum atomic E-state index is 0.223. The summed E-state index contributed by atoms with van der Waals surface area (Å²) in [7, 11) is 1.74. The third kappa shape index (κ3) is 3.11. The van der Waals surface area contributed by atoms with E-state index < -0.39 is 0 Å². The second-order valence-electron chi connectivity index (χ2n) is 5.02. The van der Waals surface area contributed by atoms with Gasteiger partial charge in [0.15, 0.2) is 0 Å². The van der Waals surface area contributed by atoms with Crippen molar-refractivity contribution in [3.8, 4) is 0 Å². The van der Waals surface area contributed by atoms with E-state index in [9.17, 15) is 0 Å². The second kappa shape index (κ2) is 6.80. The predicted octanol–water partition coefficient (Wildman–Crippen LogP) is 3.41. The van der Waals surface area contributed by atoms with Gasteiger partial charge >= 0.3 is 0 Å². The van der Waals surface area contributed by atoms with Crippen LogP contribution >= 0.6 is 22.7 Å². The fourth-order valence-corrected chi connectivity index (χ4v) is 4.69. The van der Waals surface area contributed by atoms with E-state index in [1.54, 1.807) is 18.4 Å². The standard InChI is InChI=1S/C15H20N2OS2/c1-18-9-8-16-14(13-7-4-10-19-13)15-17-11-5-2-3-6-12(11)20-15/h4,7,10,14,16H,2-3,5-6,8-9H2,1H3. The number of nitrogens with zero attached hydrogens (tertiary/aromatic N) is 1. The Bertz CT molecular complexity index is 513. The summed E-state index contributed by atoms with van der Waals surface area (Å²) in [5, 5.41) is 6.93. The molecule has 0 saturated carbocycles. The number of thiophene rings is 1. The average molecular weight is 308 g/mol. The number of ether oxygens (including phenoxy) is 1. The maximum Gasteiger partial charge on any atom is 0.115 e. The van der Waals surface area contributed by atoms with Gasteiger partial charge in [-0.3, -0.25) is 0 Å². The van der Waals surface area contributed by atoms with Crippen molar-refractivity contribution in [1.82, 2.24) is 10.3 Å². The zero-order valence-corrected chi connectivity index (χ0v) is 13.4. The number of fused-ring (bicyclic) bond motifs is 1. The molecule has 0 bridgehead atoms. The first kappa shape index (κ1) is 14.2. The molecule has 3 nitrogen and oxygen atoms in total. The lowest BCUT2D eigenvalue weighted by atomic mass is 10.0. The summed E-state index contributed by atoms with van der Waals surface area (Å²) in [6.45, 7) is 1.58. The zero-order chi connectivity index (χ0) is 13.8. The molecule has 0 saturated heterocycles. The molecule has 2 heterocycles. The van der Waals surface area contributed by atoms with E-state index in [0.29, 0.717) is 0 Å². The first-order valence-corrected chi connectivity index (χ1v) is 8.82. The number of aromatic nitrogens is 1. The average Bonchev–Trinajstić information content (AvgIpc) is 3.12. The van der Waals surface area contributed by atoms with Crippen LogP contribution < -0.4 is 5.32 Å². The van der Waals surface area contributed by atoms with Gasteiger partial charge in [-0.25, -0.2) is 4.98 Å². The molecule has 1 aliphatic rings. The van der Waals surface area contributed by atoms with Crippen LogP contribution in [0.2, 0.25) is 0 Å². The van der Waals surface area contributed by atoms with Crippen molar-refractivity contribution in [3.63, 3.8) is 0 Å². The fraction of sp³-hybridized carbons (Fsp3) is 0.533. The molecule has 108 valence electrons. The van der Waals surface area contributed by atoms with Crippen molar-refractivity contribution in [3.05, 3.63) is 38.0 Å². The van der Waals surface area contributed by atoms with Crippen LogP contribution in [0.1, 0.15) is 39.3 Å². The molecule has 0 amide bonds. The third-order valence-corrected chi connectivity index (χ3v) is 5.75. The Hall–Kier alpha value is -0.750. The molecule has 0 radical (unpaired) electrons. The van der Waals surface area contributed by atoms with Gasteiger partial charge in [0.25, 0.3) is 0 Å². The Labute approximate surface area is 128 Å². The zero-order valence-electron chi connectivity index (χ0n) is 11.7. The molecule has 20 heavy (non-hydrogen) atoms. The van der Waals surface area contributed by atoms with Crippen LogP contribution in [0, 0.1) is 0 Å². The fourth-order valence-electron chi connectivity index (χ4n) is 2.57. The van der Waals surface area contributed by atoms with Crippen LogP contribution in [0.25, 0.3) is 0 Å². The predicted molar refractivity (Wildman–Crippen MR) is 84.8 cm³/mol. The van der Waals surface area contributed by atoms with Crippen LogP contribution in [0.5, 0.6) is 0 Å². The van der Waals surface area contributed by atoms with Gasteiger partial charge in [-0.15, -0.1) is 22.7 Å². The summed E-state index contributed by atoms with van der Waals surface area (Å²) in [6, 6.07) is 4.52. The molecule has 5 heteroatoms. The van der Waals surface area contributed by atoms with E-state index in [1.807, 2.05) is 11.3 Å². The van der Waals surface area contributed by atoms with E-state index >= 15 is 0 Å². The minimum absolute atomic E-state index is 0.223. The summed E-state index contributed by atoms with van der Waals surface area (Å²) in [5.41, 5.74) is 1.34. The molecule has 0 aromatic carbocycles. The Morgan fingerprint density at radius 3 is 3.05 bits per heavy atom. The maximum atomic E-state index is 5.15. The molecule has 0 spiro atoms. The van der Waals surface area contributed by atoms with Gasteiger partial charge in [-0.1, -0.05) is 6.07 Å². The molecule has 1 atom stereocenters. The van der Waals surface area contributed by atoms with Crippen LogP contribution in [0.4, 0.5) is 0 Å². The lowest BCUT2D eigenvalue weighted by molar-refractivity contribution is 0.197. The maximum absolute atomic E-state index is 5.15. The Morgan fingerprint density at radius 1 is 1.40 bits per heavy atom. The summed E-state index contributed by atoms with van der Waals surface area (Å²) >= 11 is 3.69. The van der Waals surface area contributed by atoms with Gasteiger partial charge in [0.05, 0.1) is 18.3 Å². The van der Waals surface area contributed by atoms with Crippen LogP contribution in [0.15, 0.2) is 17.5 Å². The van der Waals surface area contributed by atoms with E-state index in [0.717, 1.165) is 19.6 Å². The number of thiazole rings is 1. The summed E-state index contributed by atoms with van der Waals surface area (Å²) in [6.07, 6.45) is 4.97. The number of nitrogens with one attached hydrogen (secondary N) is 1. The highest BCUT2D eigenvalue weighted by atomic mass is 32.1. The normalized spacial score (nSPS) is 16.1. The monoisotopic (exact) mass is 308 g/mol. The first-order valence-electron chi connectivity index (χ1n) is 7.12. The van der Waals surface area contributed by atoms with Crippen LogP contribution in [0.3, 0.4) is 0 Å². The molecule has 1 N–H and O–H groups in total. The molecular weight excluding hydrogens is 288 g/mol. The molecule has 1 unspecified atom stereocenters. The Morgan fingerprint density at radius 2 is 2.30 bits per heavy atom. The molecule has 2 aromatic rings. The number of rotatable bonds is 6. The van der Waals surface area contributed by atoms with Crippen molar-refractivity contribution >= 4 is 22.7 Å². The third-order valence-electron chi connectivity index (χ3n) is 3.59. The molecule has 1 aliphatic carbocycles. The lowest BCUT2D eigenvalue weighted by Crippen LogP contribution is -2.25. The number of hydrogen-bond acceptors (Lipinski definition) is 5. The van der Waals surface area contributed by atoms with Gasteiger partial charge in [-0.05, 0) is 37.1 Å². The van der Waals surface area contributed by atoms with Gasteiger partial charge in [0.2, 0.25) is 0 Å². The van der Waals surface area contributed by atoms with Crippen molar-refractivity contribution in [2.75, 3.05) is 20.3 Å². The summed E-state index contributed by atoms with van der Waals surface area (Å²) < 4.78 is 5.15. The van der Waals surface area contributed by atoms with Crippen molar-refractivity contribution < 1.29 is 4.74 Å². The first-order chi connectivity index (χ1) is 9.88. The number of aryl methyl sites for hydroxylation is 2. The van der Waals surface area contributed by atoms with Gasteiger partial charge in [-0.2, -0.15) is 0 Å². The number of methoxy groups -OCH3 is 1. The molecule has 0 fully saturated rings. The van der Waals surface area contributed by atoms with Gasteiger partial charge in [0.1, 0.15) is 5.01 Å². The molecule has 0 aliphatic heterocycles. The van der Waals surface area contributed by atoms with E-state index in [1.165, 1.54) is 39.7 Å². The highest BCUT2D eigenvalue weighted by Gasteiger charge is 2.22. The SMILES string of the molecule is COCCNC(c1cccs1)c1nc2c(s1)CCCC2. The van der Waals surface area contributed by atoms with E-state index in [2.05, 4.69) is 22.8 Å². The van der Waals surface area contributed by atoms with Crippen molar-refractivity contribution in [2.24, 2.45) is 0 Å². The second-order valence-corrected chi connectivity index (χ2v) is 7.12. The largest absolute Gasteiger partial charge is 0.383 e. The van der Waals surface area contributed by atoms with E-state index in [-0.39, 0.29) is 6.04 Å². The molecular formula is C15H20N2OS2. The van der Waals surface area contributed by atoms with Crippen molar-refractivity contribution in [1.29, 1.82) is 0 Å². The summed E-state index contributed by atoms with van der Waals surface area (Å²) in [5.74, 6) is 0. The topological polar surface area (TPSA) is 34.1 Å². The smallest absolute Gasteiger partial charge is 0.115 e. The van der Waals surface area contributed by atoms with Crippen LogP contribution in [-0.2, 0) is 17.6 Å². The summed E-state index contributed by atoms with van der Waals surface area (Å²) in [4.78, 5) is 7.75.